The molecule has 0 spiro atoms. The third-order valence-corrected chi connectivity index (χ3v) is 4.83. The van der Waals surface area contributed by atoms with Gasteiger partial charge in [0.1, 0.15) is 5.60 Å². The molecule has 21 heavy (non-hydrogen) atoms. The molecular formula is C16H26N2O2S. The maximum absolute atomic E-state index is 12.2. The second kappa shape index (κ2) is 6.36. The molecule has 0 N–H and O–H groups in total. The van der Waals surface area contributed by atoms with E-state index in [0.717, 1.165) is 19.6 Å². The van der Waals surface area contributed by atoms with Gasteiger partial charge < -0.3 is 9.64 Å². The van der Waals surface area contributed by atoms with Gasteiger partial charge in [-0.2, -0.15) is 0 Å². The van der Waals surface area contributed by atoms with Gasteiger partial charge in [-0.15, -0.1) is 11.3 Å². The van der Waals surface area contributed by atoms with Crippen molar-refractivity contribution in [3.05, 3.63) is 22.4 Å². The number of amides is 1. The molecule has 5 heteroatoms. The Morgan fingerprint density at radius 2 is 2.14 bits per heavy atom. The molecular weight excluding hydrogens is 284 g/mol. The highest BCUT2D eigenvalue weighted by Gasteiger charge is 2.32. The Hall–Kier alpha value is -1.07. The fourth-order valence-corrected chi connectivity index (χ4v) is 3.54. The van der Waals surface area contributed by atoms with Crippen molar-refractivity contribution in [3.8, 4) is 0 Å². The minimum Gasteiger partial charge on any atom is -0.444 e. The predicted molar refractivity (Wildman–Crippen MR) is 86.7 cm³/mol. The van der Waals surface area contributed by atoms with Crippen molar-refractivity contribution in [3.63, 3.8) is 0 Å². The molecule has 0 saturated carbocycles. The van der Waals surface area contributed by atoms with Crippen molar-refractivity contribution >= 4 is 17.4 Å². The van der Waals surface area contributed by atoms with Crippen molar-refractivity contribution in [2.75, 3.05) is 19.6 Å². The summed E-state index contributed by atoms with van der Waals surface area (Å²) in [5, 5.41) is 2.12. The van der Waals surface area contributed by atoms with Crippen LogP contribution in [0.1, 0.15) is 45.5 Å². The molecule has 1 aliphatic heterocycles. The quantitative estimate of drug-likeness (QED) is 0.834. The van der Waals surface area contributed by atoms with Crippen LogP contribution in [0.2, 0.25) is 0 Å². The lowest BCUT2D eigenvalue weighted by Gasteiger charge is -2.42. The number of carbonyl (C=O) groups excluding carboxylic acids is 1. The average Bonchev–Trinajstić information content (AvgIpc) is 2.89. The van der Waals surface area contributed by atoms with Gasteiger partial charge in [-0.25, -0.2) is 4.79 Å². The van der Waals surface area contributed by atoms with Gasteiger partial charge in [0.15, 0.2) is 0 Å². The van der Waals surface area contributed by atoms with Crippen LogP contribution in [0, 0.1) is 0 Å². The molecule has 4 nitrogen and oxygen atoms in total. The summed E-state index contributed by atoms with van der Waals surface area (Å²) in [6.45, 7) is 12.5. The zero-order valence-electron chi connectivity index (χ0n) is 13.6. The second-order valence-corrected chi connectivity index (χ2v) is 7.68. The standard InChI is InChI=1S/C16H26N2O2S/c1-12-11-17(15(19)20-16(3,4)5)8-9-18(12)13(2)14-7-6-10-21-14/h6-7,10,12-13H,8-9,11H2,1-5H3/t12-,13-/m1/s1. The summed E-state index contributed by atoms with van der Waals surface area (Å²) < 4.78 is 5.46. The van der Waals surface area contributed by atoms with Crippen molar-refractivity contribution in [2.24, 2.45) is 0 Å². The highest BCUT2D eigenvalue weighted by atomic mass is 32.1. The lowest BCUT2D eigenvalue weighted by Crippen LogP contribution is -2.54. The molecule has 0 radical (unpaired) electrons. The van der Waals surface area contributed by atoms with Crippen LogP contribution in [0.25, 0.3) is 0 Å². The summed E-state index contributed by atoms with van der Waals surface area (Å²) in [7, 11) is 0. The molecule has 1 aliphatic rings. The fourth-order valence-electron chi connectivity index (χ4n) is 2.73. The van der Waals surface area contributed by atoms with E-state index in [-0.39, 0.29) is 6.09 Å². The van der Waals surface area contributed by atoms with E-state index in [2.05, 4.69) is 36.3 Å². The van der Waals surface area contributed by atoms with Crippen LogP contribution in [0.3, 0.4) is 0 Å². The minimum atomic E-state index is -0.429. The smallest absolute Gasteiger partial charge is 0.410 e. The first-order chi connectivity index (χ1) is 9.78. The Morgan fingerprint density at radius 3 is 2.67 bits per heavy atom. The molecule has 118 valence electrons. The zero-order chi connectivity index (χ0) is 15.6. The van der Waals surface area contributed by atoms with Gasteiger partial charge in [0, 0.05) is 36.6 Å². The van der Waals surface area contributed by atoms with E-state index in [4.69, 9.17) is 4.74 Å². The zero-order valence-corrected chi connectivity index (χ0v) is 14.4. The number of ether oxygens (including phenoxy) is 1. The Labute approximate surface area is 131 Å². The van der Waals surface area contributed by atoms with Crippen LogP contribution in [0.5, 0.6) is 0 Å². The lowest BCUT2D eigenvalue weighted by molar-refractivity contribution is -0.000447. The van der Waals surface area contributed by atoms with Crippen molar-refractivity contribution in [1.82, 2.24) is 9.80 Å². The summed E-state index contributed by atoms with van der Waals surface area (Å²) in [5.74, 6) is 0. The van der Waals surface area contributed by atoms with Crippen LogP contribution in [0.15, 0.2) is 17.5 Å². The van der Waals surface area contributed by atoms with E-state index in [1.807, 2.05) is 25.7 Å². The largest absolute Gasteiger partial charge is 0.444 e. The van der Waals surface area contributed by atoms with Crippen LogP contribution in [-0.4, -0.2) is 47.2 Å². The summed E-state index contributed by atoms with van der Waals surface area (Å²) >= 11 is 1.79. The van der Waals surface area contributed by atoms with Gasteiger partial charge in [0.25, 0.3) is 0 Å². The molecule has 2 rings (SSSR count). The second-order valence-electron chi connectivity index (χ2n) is 6.70. The first-order valence-corrected chi connectivity index (χ1v) is 8.43. The molecule has 0 aromatic carbocycles. The molecule has 1 fully saturated rings. The van der Waals surface area contributed by atoms with Gasteiger partial charge in [0.05, 0.1) is 0 Å². The first kappa shape index (κ1) is 16.3. The molecule has 1 aromatic heterocycles. The Morgan fingerprint density at radius 1 is 1.43 bits per heavy atom. The van der Waals surface area contributed by atoms with Gasteiger partial charge >= 0.3 is 6.09 Å². The molecule has 0 unspecified atom stereocenters. The van der Waals surface area contributed by atoms with Gasteiger partial charge in [-0.1, -0.05) is 6.07 Å². The van der Waals surface area contributed by atoms with E-state index < -0.39 is 5.60 Å². The number of nitrogens with zero attached hydrogens (tertiary/aromatic N) is 2. The molecule has 0 aliphatic carbocycles. The third kappa shape index (κ3) is 4.20. The van der Waals surface area contributed by atoms with Gasteiger partial charge in [-0.05, 0) is 46.1 Å². The van der Waals surface area contributed by atoms with Gasteiger partial charge in [0.2, 0.25) is 0 Å². The number of rotatable bonds is 2. The Balaban J connectivity index is 1.94. The molecule has 1 aromatic rings. The predicted octanol–water partition coefficient (Wildman–Crippen LogP) is 3.75. The van der Waals surface area contributed by atoms with E-state index in [0.29, 0.717) is 12.1 Å². The SMILES string of the molecule is C[C@@H]1CN(C(=O)OC(C)(C)C)CCN1[C@H](C)c1cccs1. The highest BCUT2D eigenvalue weighted by Crippen LogP contribution is 2.28. The fraction of sp³-hybridized carbons (Fsp3) is 0.688. The monoisotopic (exact) mass is 310 g/mol. The maximum atomic E-state index is 12.2. The van der Waals surface area contributed by atoms with Crippen molar-refractivity contribution < 1.29 is 9.53 Å². The third-order valence-electron chi connectivity index (χ3n) is 3.78. The first-order valence-electron chi connectivity index (χ1n) is 7.55. The summed E-state index contributed by atoms with van der Waals surface area (Å²) in [4.78, 5) is 17.8. The van der Waals surface area contributed by atoms with Crippen molar-refractivity contribution in [2.45, 2.75) is 52.3 Å². The molecule has 2 atom stereocenters. The van der Waals surface area contributed by atoms with Crippen LogP contribution in [0.4, 0.5) is 4.79 Å². The number of piperazine rings is 1. The van der Waals surface area contributed by atoms with E-state index in [1.165, 1.54) is 4.88 Å². The topological polar surface area (TPSA) is 32.8 Å². The lowest BCUT2D eigenvalue weighted by atomic mass is 10.1. The number of hydrogen-bond acceptors (Lipinski definition) is 4. The van der Waals surface area contributed by atoms with Gasteiger partial charge in [-0.3, -0.25) is 4.90 Å². The molecule has 1 saturated heterocycles. The highest BCUT2D eigenvalue weighted by molar-refractivity contribution is 7.10. The average molecular weight is 310 g/mol. The molecule has 1 amide bonds. The molecule has 0 bridgehead atoms. The summed E-state index contributed by atoms with van der Waals surface area (Å²) in [6.07, 6.45) is -0.197. The van der Waals surface area contributed by atoms with E-state index >= 15 is 0 Å². The van der Waals surface area contributed by atoms with Crippen LogP contribution >= 0.6 is 11.3 Å². The number of carbonyl (C=O) groups is 1. The van der Waals surface area contributed by atoms with Crippen molar-refractivity contribution in [1.29, 1.82) is 0 Å². The minimum absolute atomic E-state index is 0.197. The number of hydrogen-bond donors (Lipinski definition) is 0. The maximum Gasteiger partial charge on any atom is 0.410 e. The van der Waals surface area contributed by atoms with E-state index in [1.54, 1.807) is 11.3 Å². The molecule has 2 heterocycles. The van der Waals surface area contributed by atoms with E-state index in [9.17, 15) is 4.79 Å². The van der Waals surface area contributed by atoms with Crippen LogP contribution in [-0.2, 0) is 4.74 Å². The van der Waals surface area contributed by atoms with Crippen LogP contribution < -0.4 is 0 Å². The number of thiophene rings is 1. The summed E-state index contributed by atoms with van der Waals surface area (Å²) in [5.41, 5.74) is -0.429. The normalized spacial score (nSPS) is 22.1. The Bertz CT molecular complexity index is 467. The Kier molecular flexibility index (Phi) is 4.94. The summed E-state index contributed by atoms with van der Waals surface area (Å²) in [6, 6.07) is 5.02.